The SMILES string of the molecule is Cc1cc(-c2nnc(SCC(=O)Nc3nc(-c4ccccc4)cs3)n2C[C@H]2CCCO2)cs1. The van der Waals surface area contributed by atoms with Crippen LogP contribution >= 0.6 is 34.4 Å². The van der Waals surface area contributed by atoms with Crippen LogP contribution in [0.4, 0.5) is 5.13 Å². The second-order valence-corrected chi connectivity index (χ2v) is 10.7. The van der Waals surface area contributed by atoms with Gasteiger partial charge in [-0.25, -0.2) is 4.98 Å². The number of thiophene rings is 1. The zero-order valence-corrected chi connectivity index (χ0v) is 20.5. The maximum Gasteiger partial charge on any atom is 0.236 e. The Kier molecular flexibility index (Phi) is 6.86. The number of aryl methyl sites for hydroxylation is 1. The zero-order valence-electron chi connectivity index (χ0n) is 18.1. The van der Waals surface area contributed by atoms with Crippen LogP contribution in [-0.2, 0) is 16.1 Å². The van der Waals surface area contributed by atoms with Gasteiger partial charge >= 0.3 is 0 Å². The van der Waals surface area contributed by atoms with Gasteiger partial charge in [0.1, 0.15) is 0 Å². The van der Waals surface area contributed by atoms with Crippen molar-refractivity contribution in [3.8, 4) is 22.6 Å². The largest absolute Gasteiger partial charge is 0.376 e. The summed E-state index contributed by atoms with van der Waals surface area (Å²) in [6.07, 6.45) is 2.25. The third-order valence-electron chi connectivity index (χ3n) is 5.27. The standard InChI is InChI=1S/C23H23N5O2S3/c1-15-10-17(12-31-15)21-26-27-23(28(21)11-18-8-5-9-30-18)33-14-20(29)25-22-24-19(13-32-22)16-6-3-2-4-7-16/h2-4,6-7,10,12-13,18H,5,8-9,11,14H2,1H3,(H,24,25,29)/t18-/m1/s1. The molecule has 0 spiro atoms. The molecule has 4 heterocycles. The molecule has 170 valence electrons. The van der Waals surface area contributed by atoms with Crippen molar-refractivity contribution in [1.29, 1.82) is 0 Å². The average molecular weight is 498 g/mol. The van der Waals surface area contributed by atoms with E-state index < -0.39 is 0 Å². The van der Waals surface area contributed by atoms with Gasteiger partial charge in [0.05, 0.1) is 24.1 Å². The van der Waals surface area contributed by atoms with E-state index in [2.05, 4.69) is 43.4 Å². The summed E-state index contributed by atoms with van der Waals surface area (Å²) in [5.41, 5.74) is 2.94. The van der Waals surface area contributed by atoms with E-state index in [-0.39, 0.29) is 17.8 Å². The summed E-state index contributed by atoms with van der Waals surface area (Å²) in [6, 6.07) is 12.0. The number of anilines is 1. The lowest BCUT2D eigenvalue weighted by Crippen LogP contribution is -2.18. The fourth-order valence-corrected chi connectivity index (χ4v) is 5.85. The highest BCUT2D eigenvalue weighted by molar-refractivity contribution is 7.99. The highest BCUT2D eigenvalue weighted by Crippen LogP contribution is 2.30. The third kappa shape index (κ3) is 5.35. The number of ether oxygens (including phenoxy) is 1. The van der Waals surface area contributed by atoms with Crippen LogP contribution in [0, 0.1) is 6.92 Å². The number of hydrogen-bond donors (Lipinski definition) is 1. The minimum Gasteiger partial charge on any atom is -0.376 e. The quantitative estimate of drug-likeness (QED) is 0.331. The highest BCUT2D eigenvalue weighted by atomic mass is 32.2. The smallest absolute Gasteiger partial charge is 0.236 e. The van der Waals surface area contributed by atoms with E-state index >= 15 is 0 Å². The van der Waals surface area contributed by atoms with Crippen LogP contribution in [0.5, 0.6) is 0 Å². The number of thiazole rings is 1. The predicted molar refractivity (Wildman–Crippen MR) is 134 cm³/mol. The molecule has 7 nitrogen and oxygen atoms in total. The molecular formula is C23H23N5O2S3. The van der Waals surface area contributed by atoms with Gasteiger partial charge in [0.2, 0.25) is 5.91 Å². The van der Waals surface area contributed by atoms with Crippen molar-refractivity contribution in [2.24, 2.45) is 0 Å². The van der Waals surface area contributed by atoms with Gasteiger partial charge in [-0.05, 0) is 25.8 Å². The molecule has 1 N–H and O–H groups in total. The van der Waals surface area contributed by atoms with Gasteiger partial charge in [0.15, 0.2) is 16.1 Å². The van der Waals surface area contributed by atoms with Gasteiger partial charge in [-0.3, -0.25) is 9.36 Å². The summed E-state index contributed by atoms with van der Waals surface area (Å²) in [5, 5.41) is 17.1. The Balaban J connectivity index is 1.26. The normalized spacial score (nSPS) is 15.7. The molecule has 1 amide bonds. The number of carbonyl (C=O) groups is 1. The van der Waals surface area contributed by atoms with Gasteiger partial charge < -0.3 is 10.1 Å². The lowest BCUT2D eigenvalue weighted by molar-refractivity contribution is -0.113. The van der Waals surface area contributed by atoms with E-state index in [9.17, 15) is 4.79 Å². The van der Waals surface area contributed by atoms with Crippen molar-refractivity contribution in [2.45, 2.75) is 37.6 Å². The van der Waals surface area contributed by atoms with Crippen molar-refractivity contribution in [3.05, 3.63) is 52.0 Å². The molecule has 0 bridgehead atoms. The Morgan fingerprint density at radius 1 is 1.21 bits per heavy atom. The van der Waals surface area contributed by atoms with Gasteiger partial charge in [-0.2, -0.15) is 0 Å². The van der Waals surface area contributed by atoms with Crippen LogP contribution in [0.25, 0.3) is 22.6 Å². The summed E-state index contributed by atoms with van der Waals surface area (Å²) >= 11 is 4.50. The van der Waals surface area contributed by atoms with Crippen LogP contribution in [0.15, 0.2) is 52.3 Å². The van der Waals surface area contributed by atoms with Crippen molar-refractivity contribution in [2.75, 3.05) is 17.7 Å². The first-order valence-electron chi connectivity index (χ1n) is 10.7. The first-order chi connectivity index (χ1) is 16.2. The minimum atomic E-state index is -0.117. The van der Waals surface area contributed by atoms with E-state index in [1.165, 1.54) is 28.0 Å². The maximum atomic E-state index is 12.6. The number of rotatable bonds is 8. The monoisotopic (exact) mass is 497 g/mol. The molecule has 0 aliphatic carbocycles. The number of benzene rings is 1. The number of hydrogen-bond acceptors (Lipinski definition) is 8. The Labute approximate surface area is 204 Å². The molecule has 4 aromatic rings. The molecule has 1 aliphatic rings. The fraction of sp³-hybridized carbons (Fsp3) is 0.304. The molecular weight excluding hydrogens is 474 g/mol. The fourth-order valence-electron chi connectivity index (χ4n) is 3.68. The summed E-state index contributed by atoms with van der Waals surface area (Å²) in [6.45, 7) is 3.56. The van der Waals surface area contributed by atoms with Crippen molar-refractivity contribution in [3.63, 3.8) is 0 Å². The number of amides is 1. The lowest BCUT2D eigenvalue weighted by Gasteiger charge is -2.14. The van der Waals surface area contributed by atoms with E-state index in [4.69, 9.17) is 4.74 Å². The summed E-state index contributed by atoms with van der Waals surface area (Å²) in [7, 11) is 0. The second kappa shape index (κ2) is 10.2. The first kappa shape index (κ1) is 22.3. The van der Waals surface area contributed by atoms with Gasteiger partial charge in [-0.1, -0.05) is 42.1 Å². The molecule has 1 atom stereocenters. The van der Waals surface area contributed by atoms with Crippen LogP contribution < -0.4 is 5.32 Å². The number of nitrogens with zero attached hydrogens (tertiary/aromatic N) is 4. The molecule has 1 aliphatic heterocycles. The number of nitrogens with one attached hydrogen (secondary N) is 1. The molecule has 0 radical (unpaired) electrons. The number of thioether (sulfide) groups is 1. The topological polar surface area (TPSA) is 81.9 Å². The van der Waals surface area contributed by atoms with E-state index in [1.807, 2.05) is 35.7 Å². The second-order valence-electron chi connectivity index (χ2n) is 7.74. The van der Waals surface area contributed by atoms with Gasteiger partial charge in [0, 0.05) is 33.4 Å². The van der Waals surface area contributed by atoms with Crippen LogP contribution in [-0.4, -0.2) is 44.1 Å². The van der Waals surface area contributed by atoms with Crippen LogP contribution in [0.2, 0.25) is 0 Å². The number of carbonyl (C=O) groups excluding carboxylic acids is 1. The molecule has 1 aromatic carbocycles. The molecule has 3 aromatic heterocycles. The summed E-state index contributed by atoms with van der Waals surface area (Å²) in [4.78, 5) is 18.4. The van der Waals surface area contributed by atoms with Gasteiger partial charge in [0.25, 0.3) is 0 Å². The number of aromatic nitrogens is 4. The molecule has 1 fully saturated rings. The Hall–Kier alpha value is -2.53. The van der Waals surface area contributed by atoms with Crippen molar-refractivity contribution in [1.82, 2.24) is 19.7 Å². The maximum absolute atomic E-state index is 12.6. The first-order valence-corrected chi connectivity index (χ1v) is 13.4. The molecule has 1 saturated heterocycles. The van der Waals surface area contributed by atoms with Crippen LogP contribution in [0.3, 0.4) is 0 Å². The summed E-state index contributed by atoms with van der Waals surface area (Å²) < 4.78 is 7.94. The Morgan fingerprint density at radius 3 is 2.85 bits per heavy atom. The van der Waals surface area contributed by atoms with E-state index in [0.717, 1.165) is 47.3 Å². The van der Waals surface area contributed by atoms with Crippen molar-refractivity contribution >= 4 is 45.5 Å². The summed E-state index contributed by atoms with van der Waals surface area (Å²) in [5.74, 6) is 0.936. The van der Waals surface area contributed by atoms with E-state index in [1.54, 1.807) is 11.3 Å². The van der Waals surface area contributed by atoms with Gasteiger partial charge in [-0.15, -0.1) is 32.9 Å². The van der Waals surface area contributed by atoms with Crippen LogP contribution in [0.1, 0.15) is 17.7 Å². The van der Waals surface area contributed by atoms with E-state index in [0.29, 0.717) is 11.7 Å². The molecule has 33 heavy (non-hydrogen) atoms. The molecule has 5 rings (SSSR count). The lowest BCUT2D eigenvalue weighted by atomic mass is 10.2. The average Bonchev–Trinajstić information content (AvgIpc) is 3.62. The zero-order chi connectivity index (χ0) is 22.6. The Morgan fingerprint density at radius 2 is 2.09 bits per heavy atom. The Bertz CT molecular complexity index is 1230. The minimum absolute atomic E-state index is 0.117. The predicted octanol–water partition coefficient (Wildman–Crippen LogP) is 5.35. The van der Waals surface area contributed by atoms with Crippen molar-refractivity contribution < 1.29 is 9.53 Å². The molecule has 10 heteroatoms. The molecule has 0 unspecified atom stereocenters. The highest BCUT2D eigenvalue weighted by Gasteiger charge is 2.22. The molecule has 0 saturated carbocycles. The third-order valence-corrected chi connectivity index (χ3v) is 7.85.